The molecule has 0 spiro atoms. The Morgan fingerprint density at radius 1 is 1.39 bits per heavy atom. The van der Waals surface area contributed by atoms with Crippen molar-refractivity contribution in [1.82, 2.24) is 15.5 Å². The fraction of sp³-hybridized carbons (Fsp3) is 0.529. The van der Waals surface area contributed by atoms with E-state index in [2.05, 4.69) is 17.6 Å². The molecule has 1 fully saturated rings. The van der Waals surface area contributed by atoms with Gasteiger partial charge in [-0.1, -0.05) is 37.3 Å². The Labute approximate surface area is 144 Å². The summed E-state index contributed by atoms with van der Waals surface area (Å²) in [6.07, 6.45) is 1.13. The molecule has 1 aliphatic rings. The first-order valence-electron chi connectivity index (χ1n) is 7.98. The smallest absolute Gasteiger partial charge is 0.240 e. The predicted octanol–water partition coefficient (Wildman–Crippen LogP) is 1.89. The van der Waals surface area contributed by atoms with Crippen LogP contribution in [0.3, 0.4) is 0 Å². The maximum atomic E-state index is 12.3. The standard InChI is InChI=1S/C17H25N3O2.ClH/c1-3-10-20-11-9-18-15(17(20)22)12-16(21)19-13(2)14-7-5-4-6-8-14;/h4-8,13,15,18H,3,9-12H2,1-2H3,(H,19,21);1H. The third kappa shape index (κ3) is 5.52. The van der Waals surface area contributed by atoms with Crippen LogP contribution in [-0.4, -0.2) is 42.4 Å². The summed E-state index contributed by atoms with van der Waals surface area (Å²) in [6.45, 7) is 6.24. The fourth-order valence-electron chi connectivity index (χ4n) is 2.75. The molecule has 1 heterocycles. The summed E-state index contributed by atoms with van der Waals surface area (Å²) in [5.41, 5.74) is 1.06. The molecule has 0 saturated carbocycles. The third-order valence-corrected chi connectivity index (χ3v) is 3.94. The Balaban J connectivity index is 0.00000264. The van der Waals surface area contributed by atoms with Crippen molar-refractivity contribution in [2.24, 2.45) is 0 Å². The minimum Gasteiger partial charge on any atom is -0.350 e. The van der Waals surface area contributed by atoms with Gasteiger partial charge < -0.3 is 15.5 Å². The van der Waals surface area contributed by atoms with Gasteiger partial charge in [0.25, 0.3) is 0 Å². The number of amides is 2. The molecule has 0 aromatic heterocycles. The molecular formula is C17H26ClN3O2. The molecule has 128 valence electrons. The van der Waals surface area contributed by atoms with Crippen LogP contribution in [0, 0.1) is 0 Å². The molecule has 2 unspecified atom stereocenters. The molecule has 1 aliphatic heterocycles. The van der Waals surface area contributed by atoms with Gasteiger partial charge in [0.2, 0.25) is 11.8 Å². The first-order chi connectivity index (χ1) is 10.6. The Morgan fingerprint density at radius 3 is 2.74 bits per heavy atom. The van der Waals surface area contributed by atoms with Gasteiger partial charge in [-0.3, -0.25) is 9.59 Å². The molecule has 1 saturated heterocycles. The molecule has 6 heteroatoms. The van der Waals surface area contributed by atoms with E-state index in [0.29, 0.717) is 0 Å². The Kier molecular flexibility index (Phi) is 8.06. The second kappa shape index (κ2) is 9.53. The van der Waals surface area contributed by atoms with E-state index in [9.17, 15) is 9.59 Å². The minimum absolute atomic E-state index is 0. The lowest BCUT2D eigenvalue weighted by atomic mass is 10.1. The van der Waals surface area contributed by atoms with Crippen molar-refractivity contribution in [2.75, 3.05) is 19.6 Å². The molecular weight excluding hydrogens is 314 g/mol. The average molecular weight is 340 g/mol. The van der Waals surface area contributed by atoms with Crippen molar-refractivity contribution in [3.8, 4) is 0 Å². The van der Waals surface area contributed by atoms with Gasteiger partial charge in [0, 0.05) is 19.6 Å². The van der Waals surface area contributed by atoms with Gasteiger partial charge in [-0.15, -0.1) is 12.4 Å². The first-order valence-corrected chi connectivity index (χ1v) is 7.98. The van der Waals surface area contributed by atoms with Crippen LogP contribution < -0.4 is 10.6 Å². The largest absolute Gasteiger partial charge is 0.350 e. The molecule has 2 atom stereocenters. The number of rotatable bonds is 6. The summed E-state index contributed by atoms with van der Waals surface area (Å²) >= 11 is 0. The van der Waals surface area contributed by atoms with E-state index in [1.807, 2.05) is 42.2 Å². The highest BCUT2D eigenvalue weighted by atomic mass is 35.5. The molecule has 2 N–H and O–H groups in total. The monoisotopic (exact) mass is 339 g/mol. The Hall–Kier alpha value is -1.59. The highest BCUT2D eigenvalue weighted by Gasteiger charge is 2.29. The van der Waals surface area contributed by atoms with E-state index in [1.54, 1.807) is 0 Å². The van der Waals surface area contributed by atoms with Crippen molar-refractivity contribution >= 4 is 24.2 Å². The highest BCUT2D eigenvalue weighted by molar-refractivity contribution is 5.89. The van der Waals surface area contributed by atoms with Crippen LogP contribution in [-0.2, 0) is 9.59 Å². The molecule has 0 aliphatic carbocycles. The normalized spacial score (nSPS) is 19.0. The number of carbonyl (C=O) groups excluding carboxylic acids is 2. The lowest BCUT2D eigenvalue weighted by Crippen LogP contribution is -2.56. The Bertz CT molecular complexity index is 508. The molecule has 23 heavy (non-hydrogen) atoms. The predicted molar refractivity (Wildman–Crippen MR) is 93.5 cm³/mol. The van der Waals surface area contributed by atoms with Crippen molar-refractivity contribution in [2.45, 2.75) is 38.8 Å². The summed E-state index contributed by atoms with van der Waals surface area (Å²) in [5, 5.41) is 6.11. The van der Waals surface area contributed by atoms with Gasteiger partial charge in [-0.2, -0.15) is 0 Å². The zero-order chi connectivity index (χ0) is 15.9. The topological polar surface area (TPSA) is 61.4 Å². The van der Waals surface area contributed by atoms with E-state index in [-0.39, 0.29) is 36.7 Å². The van der Waals surface area contributed by atoms with Gasteiger partial charge in [0.1, 0.15) is 0 Å². The summed E-state index contributed by atoms with van der Waals surface area (Å²) in [7, 11) is 0. The lowest BCUT2D eigenvalue weighted by molar-refractivity contribution is -0.138. The molecule has 2 amide bonds. The molecule has 5 nitrogen and oxygen atoms in total. The third-order valence-electron chi connectivity index (χ3n) is 3.94. The second-order valence-corrected chi connectivity index (χ2v) is 5.74. The van der Waals surface area contributed by atoms with Crippen molar-refractivity contribution in [3.63, 3.8) is 0 Å². The maximum absolute atomic E-state index is 12.3. The van der Waals surface area contributed by atoms with Gasteiger partial charge >= 0.3 is 0 Å². The number of halogens is 1. The van der Waals surface area contributed by atoms with E-state index < -0.39 is 6.04 Å². The quantitative estimate of drug-likeness (QED) is 0.832. The van der Waals surface area contributed by atoms with Crippen LogP contribution in [0.1, 0.15) is 38.3 Å². The number of piperazine rings is 1. The minimum atomic E-state index is -0.400. The number of nitrogens with one attached hydrogen (secondary N) is 2. The zero-order valence-corrected chi connectivity index (χ0v) is 14.6. The summed E-state index contributed by atoms with van der Waals surface area (Å²) in [4.78, 5) is 26.3. The number of nitrogens with zero attached hydrogens (tertiary/aromatic N) is 1. The average Bonchev–Trinajstić information content (AvgIpc) is 2.52. The molecule has 2 rings (SSSR count). The van der Waals surface area contributed by atoms with Crippen LogP contribution in [0.4, 0.5) is 0 Å². The van der Waals surface area contributed by atoms with E-state index in [4.69, 9.17) is 0 Å². The number of benzene rings is 1. The molecule has 1 aromatic carbocycles. The zero-order valence-electron chi connectivity index (χ0n) is 13.7. The van der Waals surface area contributed by atoms with Gasteiger partial charge in [-0.25, -0.2) is 0 Å². The maximum Gasteiger partial charge on any atom is 0.240 e. The molecule has 0 radical (unpaired) electrons. The summed E-state index contributed by atoms with van der Waals surface area (Å²) in [6, 6.07) is 9.36. The second-order valence-electron chi connectivity index (χ2n) is 5.74. The van der Waals surface area contributed by atoms with E-state index >= 15 is 0 Å². The summed E-state index contributed by atoms with van der Waals surface area (Å²) < 4.78 is 0. The van der Waals surface area contributed by atoms with Crippen LogP contribution in [0.2, 0.25) is 0 Å². The molecule has 0 bridgehead atoms. The van der Waals surface area contributed by atoms with Gasteiger partial charge in [0.15, 0.2) is 0 Å². The van der Waals surface area contributed by atoms with Crippen LogP contribution in [0.15, 0.2) is 30.3 Å². The van der Waals surface area contributed by atoms with Crippen molar-refractivity contribution in [1.29, 1.82) is 0 Å². The van der Waals surface area contributed by atoms with Crippen molar-refractivity contribution < 1.29 is 9.59 Å². The highest BCUT2D eigenvalue weighted by Crippen LogP contribution is 2.12. The number of hydrogen-bond donors (Lipinski definition) is 2. The van der Waals surface area contributed by atoms with Gasteiger partial charge in [-0.05, 0) is 18.9 Å². The molecule has 1 aromatic rings. The van der Waals surface area contributed by atoms with Crippen molar-refractivity contribution in [3.05, 3.63) is 35.9 Å². The van der Waals surface area contributed by atoms with Gasteiger partial charge in [0.05, 0.1) is 18.5 Å². The fourth-order valence-corrected chi connectivity index (χ4v) is 2.75. The SMILES string of the molecule is CCCN1CCNC(CC(=O)NC(C)c2ccccc2)C1=O.Cl. The van der Waals surface area contributed by atoms with E-state index in [1.165, 1.54) is 0 Å². The Morgan fingerprint density at radius 2 is 2.09 bits per heavy atom. The number of hydrogen-bond acceptors (Lipinski definition) is 3. The van der Waals surface area contributed by atoms with Crippen LogP contribution in [0.25, 0.3) is 0 Å². The number of carbonyl (C=O) groups is 2. The van der Waals surface area contributed by atoms with Crippen LogP contribution in [0.5, 0.6) is 0 Å². The summed E-state index contributed by atoms with van der Waals surface area (Å²) in [5.74, 6) is -0.0591. The van der Waals surface area contributed by atoms with E-state index in [0.717, 1.165) is 31.6 Å². The first kappa shape index (κ1) is 19.5. The lowest BCUT2D eigenvalue weighted by Gasteiger charge is -2.33. The van der Waals surface area contributed by atoms with Crippen LogP contribution >= 0.6 is 12.4 Å².